The Morgan fingerprint density at radius 2 is 1.47 bits per heavy atom. The molecule has 1 atom stereocenters. The Balaban J connectivity index is 5.27. The summed E-state index contributed by atoms with van der Waals surface area (Å²) in [6.45, 7) is 2.48. The quantitative estimate of drug-likeness (QED) is 0.572. The lowest BCUT2D eigenvalue weighted by Crippen LogP contribution is -2.53. The van der Waals surface area contributed by atoms with Gasteiger partial charge in [0.15, 0.2) is 0 Å². The van der Waals surface area contributed by atoms with Gasteiger partial charge in [0.05, 0.1) is 13.0 Å². The predicted octanol–water partition coefficient (Wildman–Crippen LogP) is 3.65. The van der Waals surface area contributed by atoms with Crippen molar-refractivity contribution in [3.05, 3.63) is 0 Å². The van der Waals surface area contributed by atoms with E-state index in [4.69, 9.17) is 0 Å². The van der Waals surface area contributed by atoms with Crippen LogP contribution in [0.4, 0.5) is 30.7 Å². The SMILES string of the molecule is COC(=O)C(CC(F)(F)C(F)(F)C(F)(F)F)C(C)C. The van der Waals surface area contributed by atoms with Crippen molar-refractivity contribution in [2.24, 2.45) is 11.8 Å². The van der Waals surface area contributed by atoms with Crippen molar-refractivity contribution in [2.75, 3.05) is 7.11 Å². The largest absolute Gasteiger partial charge is 0.469 e. The highest BCUT2D eigenvalue weighted by atomic mass is 19.4. The Labute approximate surface area is 104 Å². The smallest absolute Gasteiger partial charge is 0.459 e. The average molecular weight is 298 g/mol. The van der Waals surface area contributed by atoms with Gasteiger partial charge < -0.3 is 4.74 Å². The maximum absolute atomic E-state index is 13.1. The van der Waals surface area contributed by atoms with E-state index < -0.39 is 42.2 Å². The van der Waals surface area contributed by atoms with E-state index in [1.54, 1.807) is 0 Å². The molecule has 0 aromatic heterocycles. The molecule has 0 aliphatic heterocycles. The summed E-state index contributed by atoms with van der Waals surface area (Å²) < 4.78 is 91.5. The molecule has 0 aromatic carbocycles. The summed E-state index contributed by atoms with van der Waals surface area (Å²) in [7, 11) is 0.831. The van der Waals surface area contributed by atoms with E-state index in [0.29, 0.717) is 0 Å². The van der Waals surface area contributed by atoms with Gasteiger partial charge in [0, 0.05) is 6.42 Å². The molecule has 0 amide bonds. The van der Waals surface area contributed by atoms with Crippen LogP contribution in [-0.4, -0.2) is 31.1 Å². The second-order valence-electron chi connectivity index (χ2n) is 4.35. The van der Waals surface area contributed by atoms with Crippen molar-refractivity contribution >= 4 is 5.97 Å². The van der Waals surface area contributed by atoms with Crippen molar-refractivity contribution < 1.29 is 40.3 Å². The topological polar surface area (TPSA) is 26.3 Å². The molecule has 19 heavy (non-hydrogen) atoms. The number of hydrogen-bond donors (Lipinski definition) is 0. The molecule has 0 spiro atoms. The summed E-state index contributed by atoms with van der Waals surface area (Å²) in [6, 6.07) is 0. The first-order chi connectivity index (χ1) is 8.28. The number of carbonyl (C=O) groups is 1. The van der Waals surface area contributed by atoms with Gasteiger partial charge >= 0.3 is 24.0 Å². The maximum atomic E-state index is 13.1. The third-order valence-electron chi connectivity index (χ3n) is 2.60. The van der Waals surface area contributed by atoms with Gasteiger partial charge in [0.2, 0.25) is 0 Å². The van der Waals surface area contributed by atoms with E-state index >= 15 is 0 Å². The first-order valence-electron chi connectivity index (χ1n) is 5.18. The molecule has 0 N–H and O–H groups in total. The molecule has 2 nitrogen and oxygen atoms in total. The molecule has 114 valence electrons. The first kappa shape index (κ1) is 18.0. The van der Waals surface area contributed by atoms with Crippen LogP contribution in [-0.2, 0) is 9.53 Å². The Morgan fingerprint density at radius 3 is 1.74 bits per heavy atom. The highest BCUT2D eigenvalue weighted by molar-refractivity contribution is 5.72. The molecule has 0 aromatic rings. The number of methoxy groups -OCH3 is 1. The number of carbonyl (C=O) groups excluding carboxylic acids is 1. The summed E-state index contributed by atoms with van der Waals surface area (Å²) >= 11 is 0. The number of halogens is 7. The van der Waals surface area contributed by atoms with Crippen molar-refractivity contribution in [1.82, 2.24) is 0 Å². The van der Waals surface area contributed by atoms with Gasteiger partial charge in [-0.3, -0.25) is 4.79 Å². The molecule has 1 unspecified atom stereocenters. The van der Waals surface area contributed by atoms with Crippen LogP contribution >= 0.6 is 0 Å². The van der Waals surface area contributed by atoms with Crippen molar-refractivity contribution in [3.63, 3.8) is 0 Å². The lowest BCUT2D eigenvalue weighted by molar-refractivity contribution is -0.357. The summed E-state index contributed by atoms with van der Waals surface area (Å²) in [5.74, 6) is -15.5. The van der Waals surface area contributed by atoms with E-state index in [-0.39, 0.29) is 0 Å². The fourth-order valence-electron chi connectivity index (χ4n) is 1.35. The van der Waals surface area contributed by atoms with Crippen molar-refractivity contribution in [3.8, 4) is 0 Å². The van der Waals surface area contributed by atoms with Crippen LogP contribution < -0.4 is 0 Å². The molecule has 0 saturated heterocycles. The Kier molecular flexibility index (Phi) is 5.24. The van der Waals surface area contributed by atoms with Crippen LogP contribution in [0.15, 0.2) is 0 Å². The zero-order chi connectivity index (χ0) is 15.6. The van der Waals surface area contributed by atoms with Crippen LogP contribution in [0.25, 0.3) is 0 Å². The maximum Gasteiger partial charge on any atom is 0.459 e. The molecular formula is C10H13F7O2. The normalized spacial score (nSPS) is 15.5. The molecule has 0 bridgehead atoms. The molecular weight excluding hydrogens is 285 g/mol. The van der Waals surface area contributed by atoms with E-state index in [0.717, 1.165) is 7.11 Å². The summed E-state index contributed by atoms with van der Waals surface area (Å²) in [5.41, 5.74) is 0. The van der Waals surface area contributed by atoms with Gasteiger partial charge in [-0.25, -0.2) is 0 Å². The second kappa shape index (κ2) is 5.54. The number of alkyl halides is 7. The molecule has 9 heteroatoms. The third kappa shape index (κ3) is 3.73. The van der Waals surface area contributed by atoms with Crippen LogP contribution in [0, 0.1) is 11.8 Å². The molecule has 0 rings (SSSR count). The van der Waals surface area contributed by atoms with E-state index in [2.05, 4.69) is 4.74 Å². The molecule has 0 heterocycles. The summed E-state index contributed by atoms with van der Waals surface area (Å²) in [6.07, 6.45) is -8.34. The van der Waals surface area contributed by atoms with Gasteiger partial charge in [-0.15, -0.1) is 0 Å². The van der Waals surface area contributed by atoms with Crippen LogP contribution in [0.5, 0.6) is 0 Å². The Morgan fingerprint density at radius 1 is 1.05 bits per heavy atom. The van der Waals surface area contributed by atoms with E-state index in [1.165, 1.54) is 13.8 Å². The van der Waals surface area contributed by atoms with E-state index in [1.807, 2.05) is 0 Å². The zero-order valence-electron chi connectivity index (χ0n) is 10.3. The van der Waals surface area contributed by atoms with Gasteiger partial charge in [-0.05, 0) is 5.92 Å². The lowest BCUT2D eigenvalue weighted by Gasteiger charge is -2.31. The number of hydrogen-bond acceptors (Lipinski definition) is 2. The average Bonchev–Trinajstić information content (AvgIpc) is 2.22. The van der Waals surface area contributed by atoms with Crippen molar-refractivity contribution in [2.45, 2.75) is 38.3 Å². The number of esters is 1. The van der Waals surface area contributed by atoms with E-state index in [9.17, 15) is 35.5 Å². The standard InChI is InChI=1S/C10H13F7O2/c1-5(2)6(7(18)19-3)4-8(11,12)9(13,14)10(15,16)17/h5-6H,4H2,1-3H3. The lowest BCUT2D eigenvalue weighted by atomic mass is 9.87. The number of rotatable bonds is 5. The van der Waals surface area contributed by atoms with Crippen LogP contribution in [0.3, 0.4) is 0 Å². The van der Waals surface area contributed by atoms with Gasteiger partial charge in [-0.2, -0.15) is 30.7 Å². The fourth-order valence-corrected chi connectivity index (χ4v) is 1.35. The first-order valence-corrected chi connectivity index (χ1v) is 5.18. The van der Waals surface area contributed by atoms with Gasteiger partial charge in [0.1, 0.15) is 0 Å². The van der Waals surface area contributed by atoms with Gasteiger partial charge in [-0.1, -0.05) is 13.8 Å². The summed E-state index contributed by atoms with van der Waals surface area (Å²) in [4.78, 5) is 11.1. The van der Waals surface area contributed by atoms with Crippen LogP contribution in [0.2, 0.25) is 0 Å². The highest BCUT2D eigenvalue weighted by Crippen LogP contribution is 2.49. The van der Waals surface area contributed by atoms with Crippen molar-refractivity contribution in [1.29, 1.82) is 0 Å². The number of ether oxygens (including phenoxy) is 1. The molecule has 0 aliphatic carbocycles. The monoisotopic (exact) mass is 298 g/mol. The minimum atomic E-state index is -6.39. The molecule has 0 fully saturated rings. The minimum absolute atomic E-state index is 0.831. The third-order valence-corrected chi connectivity index (χ3v) is 2.60. The molecule has 0 saturated carbocycles. The second-order valence-corrected chi connectivity index (χ2v) is 4.35. The molecule has 0 radical (unpaired) electrons. The summed E-state index contributed by atoms with van der Waals surface area (Å²) in [5, 5.41) is 0. The Hall–Kier alpha value is -1.02. The zero-order valence-corrected chi connectivity index (χ0v) is 10.3. The molecule has 0 aliphatic rings. The fraction of sp³-hybridized carbons (Fsp3) is 0.900. The highest BCUT2D eigenvalue weighted by Gasteiger charge is 2.73. The Bertz CT molecular complexity index is 322. The predicted molar refractivity (Wildman–Crippen MR) is 50.9 cm³/mol. The minimum Gasteiger partial charge on any atom is -0.469 e. The van der Waals surface area contributed by atoms with Gasteiger partial charge in [0.25, 0.3) is 0 Å². The van der Waals surface area contributed by atoms with Crippen LogP contribution in [0.1, 0.15) is 20.3 Å².